The van der Waals surface area contributed by atoms with Gasteiger partial charge in [-0.05, 0) is 26.8 Å². The predicted molar refractivity (Wildman–Crippen MR) is 57.2 cm³/mol. The van der Waals surface area contributed by atoms with Crippen LogP contribution in [0.4, 0.5) is 0 Å². The molecule has 0 fully saturated rings. The van der Waals surface area contributed by atoms with Crippen LogP contribution in [0.15, 0.2) is 16.9 Å². The molecule has 1 unspecified atom stereocenters. The van der Waals surface area contributed by atoms with Gasteiger partial charge in [0.05, 0.1) is 0 Å². The van der Waals surface area contributed by atoms with Crippen LogP contribution in [-0.4, -0.2) is 29.9 Å². The Balaban J connectivity index is 4.31. The van der Waals surface area contributed by atoms with E-state index in [1.807, 2.05) is 24.3 Å². The summed E-state index contributed by atoms with van der Waals surface area (Å²) >= 11 is 1.64. The number of hydrogen-bond donors (Lipinski definition) is 1. The first-order chi connectivity index (χ1) is 5.65. The van der Waals surface area contributed by atoms with E-state index < -0.39 is 0 Å². The molecular weight excluding hydrogens is 170 g/mol. The molecule has 0 heterocycles. The molecule has 12 heavy (non-hydrogen) atoms. The number of nitrogens with zero attached hydrogens (tertiary/aromatic N) is 2. The summed E-state index contributed by atoms with van der Waals surface area (Å²) in [6.07, 6.45) is 3.90. The van der Waals surface area contributed by atoms with Gasteiger partial charge in [0, 0.05) is 18.4 Å². The molecule has 1 atom stereocenters. The van der Waals surface area contributed by atoms with E-state index in [-0.39, 0.29) is 5.50 Å². The third kappa shape index (κ3) is 3.67. The molecule has 0 aliphatic heterocycles. The summed E-state index contributed by atoms with van der Waals surface area (Å²) in [6, 6.07) is 0. The second-order valence-corrected chi connectivity index (χ2v) is 3.34. The highest BCUT2D eigenvalue weighted by molar-refractivity contribution is 7.99. The van der Waals surface area contributed by atoms with E-state index in [0.717, 1.165) is 12.2 Å². The molecule has 0 aliphatic carbocycles. The third-order valence-electron chi connectivity index (χ3n) is 1.39. The normalized spacial score (nSPS) is 14.1. The number of allylic oxidation sites excluding steroid dienone is 1. The van der Waals surface area contributed by atoms with E-state index in [0.29, 0.717) is 0 Å². The molecule has 2 N–H and O–H groups in total. The zero-order valence-electron chi connectivity index (χ0n) is 7.95. The molecule has 0 radical (unpaired) electrons. The summed E-state index contributed by atoms with van der Waals surface area (Å²) in [6.45, 7) is 8.34. The van der Waals surface area contributed by atoms with Gasteiger partial charge < -0.3 is 10.6 Å². The summed E-state index contributed by atoms with van der Waals surface area (Å²) in [5, 5.41) is 0. The fourth-order valence-electron chi connectivity index (χ4n) is 0.888. The van der Waals surface area contributed by atoms with Crippen LogP contribution >= 0.6 is 11.8 Å². The molecule has 0 aromatic rings. The van der Waals surface area contributed by atoms with Crippen molar-refractivity contribution in [1.82, 2.24) is 4.90 Å². The molecule has 3 nitrogen and oxygen atoms in total. The number of rotatable bonds is 5. The molecule has 0 bridgehead atoms. The van der Waals surface area contributed by atoms with Crippen LogP contribution in [0.1, 0.15) is 13.8 Å². The lowest BCUT2D eigenvalue weighted by Crippen LogP contribution is -2.26. The zero-order valence-corrected chi connectivity index (χ0v) is 8.77. The molecule has 0 aromatic heterocycles. The largest absolute Gasteiger partial charge is 0.401 e. The first kappa shape index (κ1) is 11.4. The van der Waals surface area contributed by atoms with Gasteiger partial charge >= 0.3 is 0 Å². The predicted octanol–water partition coefficient (Wildman–Crippen LogP) is 1.48. The summed E-state index contributed by atoms with van der Waals surface area (Å²) < 4.78 is 0. The highest BCUT2D eigenvalue weighted by Gasteiger charge is 2.08. The molecule has 0 rings (SSSR count). The van der Waals surface area contributed by atoms with Crippen molar-refractivity contribution in [3.8, 4) is 0 Å². The van der Waals surface area contributed by atoms with Crippen molar-refractivity contribution in [2.75, 3.05) is 12.8 Å². The Labute approximate surface area is 78.7 Å². The summed E-state index contributed by atoms with van der Waals surface area (Å²) in [5.41, 5.74) is 6.43. The Morgan fingerprint density at radius 3 is 2.67 bits per heavy atom. The monoisotopic (exact) mass is 187 g/mol. The van der Waals surface area contributed by atoms with Crippen LogP contribution in [0.2, 0.25) is 0 Å². The molecule has 0 aliphatic rings. The van der Waals surface area contributed by atoms with Crippen molar-refractivity contribution in [1.29, 1.82) is 0 Å². The lowest BCUT2D eigenvalue weighted by molar-refractivity contribution is 0.379. The van der Waals surface area contributed by atoms with Gasteiger partial charge in [-0.15, -0.1) is 11.8 Å². The van der Waals surface area contributed by atoms with Gasteiger partial charge in [0.1, 0.15) is 0 Å². The first-order valence-corrected chi connectivity index (χ1v) is 5.12. The minimum atomic E-state index is 0.0773. The SMILES string of the molecule is C=NC(SC)N(/C=C(\C)N)CC. The van der Waals surface area contributed by atoms with E-state index >= 15 is 0 Å². The van der Waals surface area contributed by atoms with Crippen LogP contribution in [0.3, 0.4) is 0 Å². The van der Waals surface area contributed by atoms with Crippen molar-refractivity contribution in [2.24, 2.45) is 10.7 Å². The average molecular weight is 187 g/mol. The summed E-state index contributed by atoms with van der Waals surface area (Å²) in [7, 11) is 0. The van der Waals surface area contributed by atoms with Gasteiger partial charge in [-0.25, -0.2) is 0 Å². The highest BCUT2D eigenvalue weighted by Crippen LogP contribution is 2.13. The van der Waals surface area contributed by atoms with Gasteiger partial charge in [0.15, 0.2) is 5.50 Å². The van der Waals surface area contributed by atoms with Gasteiger partial charge in [0.25, 0.3) is 0 Å². The first-order valence-electron chi connectivity index (χ1n) is 3.84. The fraction of sp³-hybridized carbons (Fsp3) is 0.625. The average Bonchev–Trinajstić information content (AvgIpc) is 2.04. The van der Waals surface area contributed by atoms with Crippen molar-refractivity contribution in [3.63, 3.8) is 0 Å². The molecular formula is C8H17N3S. The van der Waals surface area contributed by atoms with Crippen molar-refractivity contribution in [2.45, 2.75) is 19.3 Å². The second kappa shape index (κ2) is 5.94. The van der Waals surface area contributed by atoms with Gasteiger partial charge in [0.2, 0.25) is 0 Å². The minimum Gasteiger partial charge on any atom is -0.401 e. The van der Waals surface area contributed by atoms with Crippen molar-refractivity contribution < 1.29 is 0 Å². The summed E-state index contributed by atoms with van der Waals surface area (Å²) in [4.78, 5) is 6.02. The Morgan fingerprint density at radius 2 is 2.42 bits per heavy atom. The van der Waals surface area contributed by atoms with Crippen LogP contribution in [0, 0.1) is 0 Å². The minimum absolute atomic E-state index is 0.0773. The Morgan fingerprint density at radius 1 is 1.83 bits per heavy atom. The number of aliphatic imine (C=N–C) groups is 1. The Bertz CT molecular complexity index is 164. The lowest BCUT2D eigenvalue weighted by Gasteiger charge is -2.24. The number of thioether (sulfide) groups is 1. The fourth-order valence-corrected chi connectivity index (χ4v) is 1.52. The van der Waals surface area contributed by atoms with Crippen LogP contribution in [0.25, 0.3) is 0 Å². The molecule has 4 heteroatoms. The lowest BCUT2D eigenvalue weighted by atomic mass is 10.5. The van der Waals surface area contributed by atoms with E-state index in [2.05, 4.69) is 18.6 Å². The van der Waals surface area contributed by atoms with E-state index in [9.17, 15) is 0 Å². The number of hydrogen-bond acceptors (Lipinski definition) is 4. The van der Waals surface area contributed by atoms with Gasteiger partial charge in [-0.3, -0.25) is 4.99 Å². The maximum absolute atomic E-state index is 5.56. The van der Waals surface area contributed by atoms with E-state index in [4.69, 9.17) is 5.73 Å². The number of nitrogens with two attached hydrogens (primary N) is 1. The zero-order chi connectivity index (χ0) is 9.56. The Hall–Kier alpha value is -0.640. The van der Waals surface area contributed by atoms with Crippen molar-refractivity contribution in [3.05, 3.63) is 11.9 Å². The quantitative estimate of drug-likeness (QED) is 0.523. The standard InChI is InChI=1S/C8H17N3S/c1-5-11(6-7(2)9)8(10-3)12-4/h6,8H,3,5,9H2,1-2,4H3/b7-6+. The maximum Gasteiger partial charge on any atom is 0.167 e. The second-order valence-electron chi connectivity index (χ2n) is 2.45. The smallest absolute Gasteiger partial charge is 0.167 e. The molecule has 0 saturated carbocycles. The Kier molecular flexibility index (Phi) is 5.62. The molecule has 0 spiro atoms. The van der Waals surface area contributed by atoms with Crippen molar-refractivity contribution >= 4 is 18.5 Å². The maximum atomic E-state index is 5.56. The van der Waals surface area contributed by atoms with Crippen LogP contribution in [0.5, 0.6) is 0 Å². The summed E-state index contributed by atoms with van der Waals surface area (Å²) in [5.74, 6) is 0. The topological polar surface area (TPSA) is 41.6 Å². The molecule has 70 valence electrons. The van der Waals surface area contributed by atoms with E-state index in [1.165, 1.54) is 0 Å². The van der Waals surface area contributed by atoms with Gasteiger partial charge in [-0.2, -0.15) is 0 Å². The van der Waals surface area contributed by atoms with E-state index in [1.54, 1.807) is 11.8 Å². The third-order valence-corrected chi connectivity index (χ3v) is 2.23. The molecule has 0 saturated heterocycles. The van der Waals surface area contributed by atoms with Crippen LogP contribution < -0.4 is 5.73 Å². The molecule has 0 aromatic carbocycles. The van der Waals surface area contributed by atoms with Crippen LogP contribution in [-0.2, 0) is 0 Å². The highest BCUT2D eigenvalue weighted by atomic mass is 32.2. The van der Waals surface area contributed by atoms with Gasteiger partial charge in [-0.1, -0.05) is 0 Å². The molecule has 0 amide bonds.